The van der Waals surface area contributed by atoms with Crippen LogP contribution in [0.3, 0.4) is 0 Å². The van der Waals surface area contributed by atoms with E-state index in [4.69, 9.17) is 4.84 Å². The highest BCUT2D eigenvalue weighted by molar-refractivity contribution is 5.61. The average molecular weight is 179 g/mol. The summed E-state index contributed by atoms with van der Waals surface area (Å²) in [5.74, 6) is -0.173. The van der Waals surface area contributed by atoms with E-state index in [1.54, 1.807) is 0 Å². The van der Waals surface area contributed by atoms with Gasteiger partial charge in [0.2, 0.25) is 0 Å². The molecule has 0 atom stereocenters. The Hall–Kier alpha value is -1.19. The van der Waals surface area contributed by atoms with Gasteiger partial charge < -0.3 is 0 Å². The SMILES string of the molecule is CC(=O)[NH+]OCCc1ccccc1. The molecule has 1 radical (unpaired) electrons. The highest BCUT2D eigenvalue weighted by Gasteiger charge is 2.02. The first kappa shape index (κ1) is 9.89. The maximum Gasteiger partial charge on any atom is 0.392 e. The lowest BCUT2D eigenvalue weighted by atomic mass is 10.2. The zero-order chi connectivity index (χ0) is 9.52. The van der Waals surface area contributed by atoms with E-state index in [1.165, 1.54) is 12.5 Å². The van der Waals surface area contributed by atoms with Crippen molar-refractivity contribution in [2.24, 2.45) is 0 Å². The number of hydrogen-bond donors (Lipinski definition) is 1. The molecule has 0 spiro atoms. The highest BCUT2D eigenvalue weighted by Crippen LogP contribution is 1.98. The fraction of sp³-hybridized carbons (Fsp3) is 0.300. The van der Waals surface area contributed by atoms with Crippen LogP contribution in [0.5, 0.6) is 0 Å². The number of carbonyl (C=O) groups excluding carboxylic acids is 1. The number of hydrogen-bond acceptors (Lipinski definition) is 2. The first-order valence-corrected chi connectivity index (χ1v) is 4.21. The second-order valence-electron chi connectivity index (χ2n) is 2.74. The average Bonchev–Trinajstić information content (AvgIpc) is 2.14. The molecule has 1 amide bonds. The standard InChI is InChI=1S/C10H13NO2/c1-9(12)11-13-8-7-10-5-3-2-4-6-10/h2-6,11H,7-8H2,1H3/q+1. The lowest BCUT2D eigenvalue weighted by Crippen LogP contribution is -2.86. The smallest absolute Gasteiger partial charge is 0.222 e. The summed E-state index contributed by atoms with van der Waals surface area (Å²) in [6.07, 6.45) is 0.807. The molecule has 69 valence electrons. The first-order valence-electron chi connectivity index (χ1n) is 4.21. The van der Waals surface area contributed by atoms with Crippen molar-refractivity contribution in [3.8, 4) is 0 Å². The van der Waals surface area contributed by atoms with Gasteiger partial charge >= 0.3 is 5.91 Å². The van der Waals surface area contributed by atoms with Crippen molar-refractivity contribution in [3.05, 3.63) is 35.9 Å². The normalized spacial score (nSPS) is 9.92. The third-order valence-electron chi connectivity index (χ3n) is 1.55. The summed E-state index contributed by atoms with van der Waals surface area (Å²) in [4.78, 5) is 15.3. The zero-order valence-electron chi connectivity index (χ0n) is 7.62. The molecule has 0 heterocycles. The minimum Gasteiger partial charge on any atom is -0.222 e. The summed E-state index contributed by atoms with van der Waals surface area (Å²) in [6.45, 7) is 1.92. The fourth-order valence-corrected chi connectivity index (χ4v) is 0.966. The topological polar surface area (TPSA) is 41.9 Å². The molecule has 0 saturated carbocycles. The summed E-state index contributed by atoms with van der Waals surface area (Å²) in [5, 5.41) is 0. The molecule has 0 unspecified atom stereocenters. The Labute approximate surface area is 77.7 Å². The van der Waals surface area contributed by atoms with Crippen molar-refractivity contribution in [3.63, 3.8) is 0 Å². The van der Waals surface area contributed by atoms with Crippen LogP contribution in [0.2, 0.25) is 0 Å². The lowest BCUT2D eigenvalue weighted by molar-refractivity contribution is -0.826. The Bertz CT molecular complexity index is 259. The Morgan fingerprint density at radius 2 is 2.08 bits per heavy atom. The van der Waals surface area contributed by atoms with Crippen molar-refractivity contribution >= 4 is 5.91 Å². The molecular weight excluding hydrogens is 166 g/mol. The molecule has 0 aliphatic carbocycles. The van der Waals surface area contributed by atoms with Gasteiger partial charge in [0.05, 0.1) is 6.92 Å². The number of amides is 1. The molecule has 1 N–H and O–H groups in total. The predicted molar refractivity (Wildman–Crippen MR) is 47.7 cm³/mol. The van der Waals surface area contributed by atoms with Crippen molar-refractivity contribution in [2.75, 3.05) is 6.61 Å². The Balaban J connectivity index is 2.17. The molecule has 0 aromatic heterocycles. The summed E-state index contributed by atoms with van der Waals surface area (Å²) in [5.41, 5.74) is 3.48. The quantitative estimate of drug-likeness (QED) is 0.524. The van der Waals surface area contributed by atoms with Crippen LogP contribution in [-0.2, 0) is 16.1 Å². The van der Waals surface area contributed by atoms with Crippen LogP contribution >= 0.6 is 0 Å². The fourth-order valence-electron chi connectivity index (χ4n) is 0.966. The summed E-state index contributed by atoms with van der Waals surface area (Å²) in [7, 11) is 0. The molecule has 1 rings (SSSR count). The zero-order valence-corrected chi connectivity index (χ0v) is 7.62. The molecular formula is C10H13NO2+. The van der Waals surface area contributed by atoms with E-state index in [0.29, 0.717) is 6.61 Å². The van der Waals surface area contributed by atoms with Crippen LogP contribution in [0.25, 0.3) is 0 Å². The maximum atomic E-state index is 10.4. The molecule has 0 bridgehead atoms. The molecule has 13 heavy (non-hydrogen) atoms. The number of hydroxylamine groups is 1. The van der Waals surface area contributed by atoms with Gasteiger partial charge in [-0.3, -0.25) is 0 Å². The number of carbonyl (C=O) groups is 1. The van der Waals surface area contributed by atoms with Gasteiger partial charge in [0.15, 0.2) is 0 Å². The Morgan fingerprint density at radius 1 is 1.38 bits per heavy atom. The van der Waals surface area contributed by atoms with Gasteiger partial charge in [-0.25, -0.2) is 4.79 Å². The van der Waals surface area contributed by atoms with Crippen molar-refractivity contribution < 1.29 is 15.1 Å². The number of benzene rings is 1. The van der Waals surface area contributed by atoms with Crippen LogP contribution in [-0.4, -0.2) is 12.5 Å². The van der Waals surface area contributed by atoms with E-state index in [-0.39, 0.29) is 5.91 Å². The molecule has 0 aliphatic rings. The second-order valence-corrected chi connectivity index (χ2v) is 2.74. The van der Waals surface area contributed by atoms with Crippen molar-refractivity contribution in [1.82, 2.24) is 0 Å². The van der Waals surface area contributed by atoms with Gasteiger partial charge in [-0.15, -0.1) is 4.84 Å². The van der Waals surface area contributed by atoms with Crippen LogP contribution in [0, 0.1) is 0 Å². The minimum atomic E-state index is -0.173. The molecule has 3 heteroatoms. The third-order valence-corrected chi connectivity index (χ3v) is 1.55. The van der Waals surface area contributed by atoms with E-state index in [2.05, 4.69) is 5.48 Å². The second kappa shape index (κ2) is 5.45. The molecule has 3 nitrogen and oxygen atoms in total. The van der Waals surface area contributed by atoms with Crippen LogP contribution in [0.1, 0.15) is 12.5 Å². The van der Waals surface area contributed by atoms with Crippen LogP contribution in [0.15, 0.2) is 30.3 Å². The van der Waals surface area contributed by atoms with E-state index < -0.39 is 0 Å². The first-order chi connectivity index (χ1) is 6.29. The minimum absolute atomic E-state index is 0.173. The predicted octanol–water partition coefficient (Wildman–Crippen LogP) is 0.0564. The van der Waals surface area contributed by atoms with Gasteiger partial charge in [-0.05, 0) is 5.56 Å². The largest absolute Gasteiger partial charge is 0.392 e. The molecule has 0 saturated heterocycles. The van der Waals surface area contributed by atoms with E-state index >= 15 is 0 Å². The Morgan fingerprint density at radius 3 is 2.69 bits per heavy atom. The lowest BCUT2D eigenvalue weighted by Gasteiger charge is -1.96. The maximum absolute atomic E-state index is 10.4. The summed E-state index contributed by atoms with van der Waals surface area (Å²) in [6, 6.07) is 9.98. The third kappa shape index (κ3) is 4.40. The van der Waals surface area contributed by atoms with E-state index in [9.17, 15) is 4.79 Å². The summed E-state index contributed by atoms with van der Waals surface area (Å²) >= 11 is 0. The monoisotopic (exact) mass is 179 g/mol. The van der Waals surface area contributed by atoms with Crippen molar-refractivity contribution in [2.45, 2.75) is 13.3 Å². The van der Waals surface area contributed by atoms with E-state index in [1.807, 2.05) is 30.3 Å². The van der Waals surface area contributed by atoms with Crippen LogP contribution in [0.4, 0.5) is 0 Å². The van der Waals surface area contributed by atoms with Gasteiger partial charge in [-0.2, -0.15) is 0 Å². The Kier molecular flexibility index (Phi) is 4.15. The molecule has 0 aliphatic heterocycles. The van der Waals surface area contributed by atoms with Crippen molar-refractivity contribution in [1.29, 1.82) is 0 Å². The van der Waals surface area contributed by atoms with Gasteiger partial charge in [0, 0.05) is 11.9 Å². The van der Waals surface area contributed by atoms with Gasteiger partial charge in [0.1, 0.15) is 6.61 Å². The highest BCUT2D eigenvalue weighted by atomic mass is 16.6. The summed E-state index contributed by atoms with van der Waals surface area (Å²) < 4.78 is 0. The molecule has 1 aromatic carbocycles. The van der Waals surface area contributed by atoms with Crippen LogP contribution < -0.4 is 5.48 Å². The van der Waals surface area contributed by atoms with Gasteiger partial charge in [-0.1, -0.05) is 30.3 Å². The van der Waals surface area contributed by atoms with Gasteiger partial charge in [0.25, 0.3) is 0 Å². The number of nitrogens with one attached hydrogen (secondary N) is 1. The number of rotatable bonds is 4. The molecule has 0 fully saturated rings. The molecule has 1 aromatic rings. The van der Waals surface area contributed by atoms with E-state index in [0.717, 1.165) is 6.42 Å².